The van der Waals surface area contributed by atoms with Gasteiger partial charge in [-0.15, -0.1) is 0 Å². The fourth-order valence-electron chi connectivity index (χ4n) is 2.68. The maximum Gasteiger partial charge on any atom is 0.220 e. The summed E-state index contributed by atoms with van der Waals surface area (Å²) in [4.78, 5) is 23.8. The molecule has 0 aromatic rings. The Labute approximate surface area is 169 Å². The molecular formula is C19H41N7O2. The zero-order chi connectivity index (χ0) is 21.0. The lowest BCUT2D eigenvalue weighted by Crippen LogP contribution is -2.33. The van der Waals surface area contributed by atoms with E-state index < -0.39 is 6.04 Å². The van der Waals surface area contributed by atoms with Crippen LogP contribution >= 0.6 is 0 Å². The molecule has 0 heterocycles. The van der Waals surface area contributed by atoms with E-state index in [0.717, 1.165) is 58.0 Å². The molecule has 28 heavy (non-hydrogen) atoms. The smallest absolute Gasteiger partial charge is 0.220 e. The van der Waals surface area contributed by atoms with Gasteiger partial charge in [-0.2, -0.15) is 0 Å². The molecule has 0 radical (unpaired) electrons. The molecule has 0 bridgehead atoms. The molecule has 164 valence electrons. The van der Waals surface area contributed by atoms with Gasteiger partial charge in [-0.1, -0.05) is 12.8 Å². The van der Waals surface area contributed by atoms with Crippen LogP contribution in [-0.4, -0.2) is 56.4 Å². The fourth-order valence-corrected chi connectivity index (χ4v) is 2.68. The number of carbonyl (C=O) groups is 2. The third-order valence-corrected chi connectivity index (χ3v) is 4.42. The van der Waals surface area contributed by atoms with Crippen molar-refractivity contribution in [1.82, 2.24) is 16.0 Å². The summed E-state index contributed by atoms with van der Waals surface area (Å²) in [5.41, 5.74) is 16.5. The number of guanidine groups is 1. The molecule has 0 aliphatic heterocycles. The second kappa shape index (κ2) is 18.6. The number of carbonyl (C=O) groups excluding carboxylic acids is 2. The first-order chi connectivity index (χ1) is 13.5. The topological polar surface area (TPSA) is 172 Å². The number of amides is 1. The normalized spacial score (nSPS) is 11.8. The SMILES string of the molecule is N=C(N)NCCCCCCC(=O)C(N)CCC(=O)NCCCCNCCCN. The molecule has 0 fully saturated rings. The maximum absolute atomic E-state index is 12.0. The highest BCUT2D eigenvalue weighted by molar-refractivity contribution is 5.84. The number of unbranched alkanes of at least 4 members (excludes halogenated alkanes) is 4. The minimum absolute atomic E-state index is 0.0134. The molecule has 9 heteroatoms. The molecule has 9 nitrogen and oxygen atoms in total. The van der Waals surface area contributed by atoms with Crippen molar-refractivity contribution in [2.24, 2.45) is 17.2 Å². The predicted molar refractivity (Wildman–Crippen MR) is 114 cm³/mol. The van der Waals surface area contributed by atoms with Gasteiger partial charge in [0.25, 0.3) is 0 Å². The molecule has 0 saturated heterocycles. The van der Waals surface area contributed by atoms with Crippen LogP contribution in [0.1, 0.15) is 64.2 Å². The van der Waals surface area contributed by atoms with E-state index in [1.54, 1.807) is 0 Å². The first-order valence-electron chi connectivity index (χ1n) is 10.5. The van der Waals surface area contributed by atoms with E-state index in [9.17, 15) is 9.59 Å². The molecule has 1 amide bonds. The molecule has 0 rings (SSSR count). The fraction of sp³-hybridized carbons (Fsp3) is 0.842. The summed E-state index contributed by atoms with van der Waals surface area (Å²) in [5.74, 6) is -0.0314. The zero-order valence-corrected chi connectivity index (χ0v) is 17.2. The Bertz CT molecular complexity index is 433. The minimum atomic E-state index is -0.558. The highest BCUT2D eigenvalue weighted by Crippen LogP contribution is 2.06. The lowest BCUT2D eigenvalue weighted by molar-refractivity contribution is -0.122. The predicted octanol–water partition coefficient (Wildman–Crippen LogP) is -0.0686. The Kier molecular flexibility index (Phi) is 17.5. The number of ketones is 1. The lowest BCUT2D eigenvalue weighted by atomic mass is 10.0. The van der Waals surface area contributed by atoms with Crippen molar-refractivity contribution in [3.63, 3.8) is 0 Å². The van der Waals surface area contributed by atoms with Gasteiger partial charge in [0.05, 0.1) is 6.04 Å². The van der Waals surface area contributed by atoms with Crippen LogP contribution in [0.25, 0.3) is 0 Å². The summed E-state index contributed by atoms with van der Waals surface area (Å²) < 4.78 is 0. The van der Waals surface area contributed by atoms with Crippen molar-refractivity contribution >= 4 is 17.6 Å². The van der Waals surface area contributed by atoms with Crippen molar-refractivity contribution in [2.75, 3.05) is 32.7 Å². The van der Waals surface area contributed by atoms with Crippen LogP contribution in [0.5, 0.6) is 0 Å². The van der Waals surface area contributed by atoms with Crippen LogP contribution in [0.4, 0.5) is 0 Å². The van der Waals surface area contributed by atoms with Crippen LogP contribution in [0, 0.1) is 5.41 Å². The summed E-state index contributed by atoms with van der Waals surface area (Å²) in [5, 5.41) is 16.0. The van der Waals surface area contributed by atoms with E-state index in [-0.39, 0.29) is 17.6 Å². The molecular weight excluding hydrogens is 358 g/mol. The Balaban J connectivity index is 3.54. The van der Waals surface area contributed by atoms with Gasteiger partial charge in [0.15, 0.2) is 5.96 Å². The second-order valence-corrected chi connectivity index (χ2v) is 7.07. The molecule has 0 aromatic carbocycles. The van der Waals surface area contributed by atoms with E-state index in [4.69, 9.17) is 22.6 Å². The summed E-state index contributed by atoms with van der Waals surface area (Å²) in [6.45, 7) is 3.91. The highest BCUT2D eigenvalue weighted by atomic mass is 16.1. The average Bonchev–Trinajstić information content (AvgIpc) is 2.66. The minimum Gasteiger partial charge on any atom is -0.370 e. The maximum atomic E-state index is 12.0. The number of rotatable bonds is 19. The summed E-state index contributed by atoms with van der Waals surface area (Å²) in [7, 11) is 0. The second-order valence-electron chi connectivity index (χ2n) is 7.07. The number of nitrogens with one attached hydrogen (secondary N) is 4. The average molecular weight is 400 g/mol. The standard InChI is InChI=1S/C19H41N7O2/c20-11-7-13-24-12-5-6-14-25-18(28)10-9-16(21)17(27)8-3-1-2-4-15-26-19(22)23/h16,24H,1-15,20-21H2,(H,25,28)(H4,22,23,26). The summed E-state index contributed by atoms with van der Waals surface area (Å²) in [6.07, 6.45) is 7.71. The van der Waals surface area contributed by atoms with E-state index in [1.807, 2.05) is 0 Å². The van der Waals surface area contributed by atoms with Gasteiger partial charge >= 0.3 is 0 Å². The van der Waals surface area contributed by atoms with Crippen LogP contribution < -0.4 is 33.2 Å². The zero-order valence-electron chi connectivity index (χ0n) is 17.2. The molecule has 1 atom stereocenters. The Hall–Kier alpha value is -1.71. The quantitative estimate of drug-likeness (QED) is 0.0904. The summed E-state index contributed by atoms with van der Waals surface area (Å²) >= 11 is 0. The monoisotopic (exact) mass is 399 g/mol. The Morgan fingerprint density at radius 1 is 0.821 bits per heavy atom. The van der Waals surface area contributed by atoms with Crippen LogP contribution in [-0.2, 0) is 9.59 Å². The Morgan fingerprint density at radius 3 is 2.14 bits per heavy atom. The van der Waals surface area contributed by atoms with Crippen LogP contribution in [0.3, 0.4) is 0 Å². The van der Waals surface area contributed by atoms with Crippen LogP contribution in [0.2, 0.25) is 0 Å². The first-order valence-corrected chi connectivity index (χ1v) is 10.5. The summed E-state index contributed by atoms with van der Waals surface area (Å²) in [6, 6.07) is -0.558. The van der Waals surface area contributed by atoms with Gasteiger partial charge in [0.2, 0.25) is 5.91 Å². The number of hydrogen-bond acceptors (Lipinski definition) is 6. The molecule has 0 aliphatic carbocycles. The molecule has 0 aromatic heterocycles. The highest BCUT2D eigenvalue weighted by Gasteiger charge is 2.14. The molecule has 0 saturated carbocycles. The van der Waals surface area contributed by atoms with Gasteiger partial charge in [-0.25, -0.2) is 0 Å². The van der Waals surface area contributed by atoms with Crippen molar-refractivity contribution in [3.8, 4) is 0 Å². The van der Waals surface area contributed by atoms with Gasteiger partial charge < -0.3 is 33.2 Å². The van der Waals surface area contributed by atoms with Crippen molar-refractivity contribution in [3.05, 3.63) is 0 Å². The van der Waals surface area contributed by atoms with Gasteiger partial charge in [-0.05, 0) is 58.2 Å². The number of hydrogen-bond donors (Lipinski definition) is 7. The Morgan fingerprint density at radius 2 is 1.43 bits per heavy atom. The van der Waals surface area contributed by atoms with E-state index in [0.29, 0.717) is 38.9 Å². The van der Waals surface area contributed by atoms with E-state index in [1.165, 1.54) is 0 Å². The van der Waals surface area contributed by atoms with Crippen molar-refractivity contribution in [2.45, 2.75) is 70.3 Å². The largest absolute Gasteiger partial charge is 0.370 e. The lowest BCUT2D eigenvalue weighted by Gasteiger charge is -2.11. The number of Topliss-reactive ketones (excluding diaryl/α,β-unsaturated/α-hetero) is 1. The van der Waals surface area contributed by atoms with Crippen molar-refractivity contribution in [1.29, 1.82) is 5.41 Å². The van der Waals surface area contributed by atoms with Gasteiger partial charge in [0, 0.05) is 25.9 Å². The third-order valence-electron chi connectivity index (χ3n) is 4.42. The molecule has 0 aliphatic rings. The van der Waals surface area contributed by atoms with Crippen LogP contribution in [0.15, 0.2) is 0 Å². The number of nitrogens with two attached hydrogens (primary N) is 3. The van der Waals surface area contributed by atoms with E-state index >= 15 is 0 Å². The molecule has 1 unspecified atom stereocenters. The van der Waals surface area contributed by atoms with Crippen molar-refractivity contribution < 1.29 is 9.59 Å². The molecule has 10 N–H and O–H groups in total. The third kappa shape index (κ3) is 17.7. The van der Waals surface area contributed by atoms with E-state index in [2.05, 4.69) is 16.0 Å². The van der Waals surface area contributed by atoms with Gasteiger partial charge in [-0.3, -0.25) is 15.0 Å². The molecule has 0 spiro atoms. The van der Waals surface area contributed by atoms with Gasteiger partial charge in [0.1, 0.15) is 5.78 Å². The first kappa shape index (κ1) is 26.3.